The normalized spacial score (nSPS) is 11.4. The number of benzene rings is 1. The Balaban J connectivity index is 1.75. The summed E-state index contributed by atoms with van der Waals surface area (Å²) in [4.78, 5) is 15.6. The first-order valence-corrected chi connectivity index (χ1v) is 9.36. The van der Waals surface area contributed by atoms with Crippen molar-refractivity contribution in [2.45, 2.75) is 5.22 Å². The zero-order valence-corrected chi connectivity index (χ0v) is 14.2. The Labute approximate surface area is 145 Å². The molecule has 0 saturated carbocycles. The summed E-state index contributed by atoms with van der Waals surface area (Å²) in [5, 5.41) is 11.4. The van der Waals surface area contributed by atoms with E-state index in [0.717, 1.165) is 0 Å². The number of thiazole rings is 1. The van der Waals surface area contributed by atoms with Gasteiger partial charge in [-0.05, 0) is 24.3 Å². The number of sulfone groups is 1. The average Bonchev–Trinajstić information content (AvgIpc) is 3.18. The minimum absolute atomic E-state index is 0.0190. The van der Waals surface area contributed by atoms with Crippen molar-refractivity contribution in [2.75, 3.05) is 11.1 Å². The Morgan fingerprint density at radius 2 is 2.00 bits per heavy atom. The molecule has 3 aromatic rings. The molecule has 1 amide bonds. The van der Waals surface area contributed by atoms with Gasteiger partial charge in [-0.25, -0.2) is 13.4 Å². The molecular weight excluding hydrogens is 376 g/mol. The van der Waals surface area contributed by atoms with E-state index in [1.54, 1.807) is 29.6 Å². The maximum atomic E-state index is 12.2. The van der Waals surface area contributed by atoms with Crippen molar-refractivity contribution >= 4 is 43.8 Å². The van der Waals surface area contributed by atoms with Crippen LogP contribution in [-0.4, -0.2) is 35.3 Å². The van der Waals surface area contributed by atoms with E-state index < -0.39 is 26.7 Å². The second kappa shape index (κ2) is 6.67. The summed E-state index contributed by atoms with van der Waals surface area (Å²) < 4.78 is 29.5. The molecule has 0 spiro atoms. The van der Waals surface area contributed by atoms with Crippen LogP contribution in [0, 0.1) is 0 Å². The van der Waals surface area contributed by atoms with Crippen molar-refractivity contribution in [3.8, 4) is 11.5 Å². The number of hydrogen-bond acceptors (Lipinski definition) is 8. The molecule has 1 aromatic carbocycles. The van der Waals surface area contributed by atoms with Crippen LogP contribution in [0.5, 0.6) is 0 Å². The number of carbonyl (C=O) groups excluding carboxylic acids is 1. The van der Waals surface area contributed by atoms with Gasteiger partial charge in [-0.2, -0.15) is 0 Å². The number of amides is 1. The molecule has 0 fully saturated rings. The fourth-order valence-electron chi connectivity index (χ4n) is 1.72. The monoisotopic (exact) mass is 384 g/mol. The summed E-state index contributed by atoms with van der Waals surface area (Å²) in [7, 11) is -4.06. The molecule has 0 saturated heterocycles. The zero-order chi connectivity index (χ0) is 17.2. The number of anilines is 1. The summed E-state index contributed by atoms with van der Waals surface area (Å²) in [5.41, 5.74) is 0.514. The Hall–Kier alpha value is -2.30. The maximum absolute atomic E-state index is 12.2. The lowest BCUT2D eigenvalue weighted by Gasteiger charge is -2.00. The summed E-state index contributed by atoms with van der Waals surface area (Å²) in [6.07, 6.45) is 1.49. The number of aromatic nitrogens is 3. The lowest BCUT2D eigenvalue weighted by Crippen LogP contribution is -2.23. The van der Waals surface area contributed by atoms with Gasteiger partial charge in [0.2, 0.25) is 21.6 Å². The van der Waals surface area contributed by atoms with Gasteiger partial charge in [-0.3, -0.25) is 4.79 Å². The van der Waals surface area contributed by atoms with Crippen molar-refractivity contribution < 1.29 is 17.6 Å². The molecule has 11 heteroatoms. The SMILES string of the molecule is O=C(CS(=O)(=O)c1nnc(-c2ccc(Cl)cc2)o1)Nc1nccs1. The minimum atomic E-state index is -4.06. The van der Waals surface area contributed by atoms with Crippen LogP contribution in [0.4, 0.5) is 5.13 Å². The zero-order valence-electron chi connectivity index (χ0n) is 11.8. The predicted molar refractivity (Wildman–Crippen MR) is 87.5 cm³/mol. The molecule has 2 aromatic heterocycles. The van der Waals surface area contributed by atoms with Crippen molar-refractivity contribution in [1.82, 2.24) is 15.2 Å². The first-order valence-electron chi connectivity index (χ1n) is 6.45. The van der Waals surface area contributed by atoms with Crippen LogP contribution >= 0.6 is 22.9 Å². The summed E-state index contributed by atoms with van der Waals surface area (Å²) in [6.45, 7) is 0. The molecule has 0 atom stereocenters. The third-order valence-electron chi connectivity index (χ3n) is 2.76. The number of nitrogens with zero attached hydrogens (tertiary/aromatic N) is 3. The van der Waals surface area contributed by atoms with Gasteiger partial charge in [0.1, 0.15) is 5.75 Å². The minimum Gasteiger partial charge on any atom is -0.408 e. The van der Waals surface area contributed by atoms with Gasteiger partial charge < -0.3 is 9.73 Å². The molecule has 0 radical (unpaired) electrons. The third kappa shape index (κ3) is 3.78. The lowest BCUT2D eigenvalue weighted by atomic mass is 10.2. The summed E-state index contributed by atoms with van der Waals surface area (Å²) >= 11 is 6.96. The van der Waals surface area contributed by atoms with E-state index in [2.05, 4.69) is 20.5 Å². The molecule has 24 heavy (non-hydrogen) atoms. The highest BCUT2D eigenvalue weighted by Crippen LogP contribution is 2.22. The first-order chi connectivity index (χ1) is 11.4. The van der Waals surface area contributed by atoms with Crippen LogP contribution in [0.2, 0.25) is 5.02 Å². The Morgan fingerprint density at radius 3 is 2.67 bits per heavy atom. The van der Waals surface area contributed by atoms with Crippen LogP contribution in [0.25, 0.3) is 11.5 Å². The topological polar surface area (TPSA) is 115 Å². The van der Waals surface area contributed by atoms with E-state index in [0.29, 0.717) is 15.7 Å². The van der Waals surface area contributed by atoms with Gasteiger partial charge in [0.25, 0.3) is 0 Å². The molecule has 1 N–H and O–H groups in total. The molecule has 8 nitrogen and oxygen atoms in total. The third-order valence-corrected chi connectivity index (χ3v) is 5.04. The number of rotatable bonds is 5. The van der Waals surface area contributed by atoms with E-state index in [9.17, 15) is 13.2 Å². The van der Waals surface area contributed by atoms with Gasteiger partial charge in [-0.15, -0.1) is 16.4 Å². The number of hydrogen-bond donors (Lipinski definition) is 1. The maximum Gasteiger partial charge on any atom is 0.336 e. The fourth-order valence-corrected chi connectivity index (χ4v) is 3.30. The molecule has 124 valence electrons. The van der Waals surface area contributed by atoms with Crippen LogP contribution < -0.4 is 5.32 Å². The molecule has 0 aliphatic carbocycles. The van der Waals surface area contributed by atoms with Gasteiger partial charge >= 0.3 is 5.22 Å². The molecule has 0 unspecified atom stereocenters. The van der Waals surface area contributed by atoms with Crippen molar-refractivity contribution in [2.24, 2.45) is 0 Å². The van der Waals surface area contributed by atoms with Crippen LogP contribution in [-0.2, 0) is 14.6 Å². The number of carbonyl (C=O) groups is 1. The standard InChI is InChI=1S/C13H9ClN4O4S2/c14-9-3-1-8(2-4-9)11-17-18-13(22-11)24(20,21)7-10(19)16-12-15-5-6-23-12/h1-6H,7H2,(H,15,16,19). The van der Waals surface area contributed by atoms with E-state index >= 15 is 0 Å². The van der Waals surface area contributed by atoms with Gasteiger partial charge in [0.15, 0.2) is 5.13 Å². The number of nitrogens with one attached hydrogen (secondary N) is 1. The fraction of sp³-hybridized carbons (Fsp3) is 0.0769. The second-order valence-electron chi connectivity index (χ2n) is 4.52. The highest BCUT2D eigenvalue weighted by Gasteiger charge is 2.26. The van der Waals surface area contributed by atoms with E-state index in [1.165, 1.54) is 17.5 Å². The quantitative estimate of drug-likeness (QED) is 0.717. The smallest absolute Gasteiger partial charge is 0.336 e. The predicted octanol–water partition coefficient (Wildman–Crippen LogP) is 2.26. The Kier molecular flexibility index (Phi) is 4.60. The van der Waals surface area contributed by atoms with Crippen molar-refractivity contribution in [1.29, 1.82) is 0 Å². The van der Waals surface area contributed by atoms with Crippen LogP contribution in [0.15, 0.2) is 45.5 Å². The highest BCUT2D eigenvalue weighted by molar-refractivity contribution is 7.91. The van der Waals surface area contributed by atoms with Gasteiger partial charge in [-0.1, -0.05) is 16.7 Å². The Bertz CT molecular complexity index is 952. The van der Waals surface area contributed by atoms with Crippen LogP contribution in [0.1, 0.15) is 0 Å². The molecule has 0 aliphatic heterocycles. The molecule has 3 rings (SSSR count). The highest BCUT2D eigenvalue weighted by atomic mass is 35.5. The van der Waals surface area contributed by atoms with Crippen molar-refractivity contribution in [3.05, 3.63) is 40.9 Å². The van der Waals surface area contributed by atoms with Gasteiger partial charge in [0, 0.05) is 22.2 Å². The average molecular weight is 385 g/mol. The van der Waals surface area contributed by atoms with E-state index in [1.807, 2.05) is 0 Å². The largest absolute Gasteiger partial charge is 0.408 e. The number of halogens is 1. The molecule has 0 aliphatic rings. The summed E-state index contributed by atoms with van der Waals surface area (Å²) in [5.74, 6) is -1.55. The lowest BCUT2D eigenvalue weighted by molar-refractivity contribution is -0.113. The van der Waals surface area contributed by atoms with E-state index in [-0.39, 0.29) is 5.89 Å². The van der Waals surface area contributed by atoms with Gasteiger partial charge in [0.05, 0.1) is 0 Å². The molecular formula is C13H9ClN4O4S2. The summed E-state index contributed by atoms with van der Waals surface area (Å²) in [6, 6.07) is 6.44. The first kappa shape index (κ1) is 16.6. The molecule has 0 bridgehead atoms. The van der Waals surface area contributed by atoms with E-state index in [4.69, 9.17) is 16.0 Å². The second-order valence-corrected chi connectivity index (χ2v) is 7.72. The molecule has 2 heterocycles. The van der Waals surface area contributed by atoms with Crippen LogP contribution in [0.3, 0.4) is 0 Å². The Morgan fingerprint density at radius 1 is 1.25 bits per heavy atom. The van der Waals surface area contributed by atoms with Crippen molar-refractivity contribution in [3.63, 3.8) is 0 Å².